The minimum atomic E-state index is -2.55. The van der Waals surface area contributed by atoms with Crippen LogP contribution in [0.1, 0.15) is 34.6 Å². The molecule has 5 amide bonds. The second-order valence-electron chi connectivity index (χ2n) is 28.9. The van der Waals surface area contributed by atoms with E-state index in [-0.39, 0.29) is 0 Å². The van der Waals surface area contributed by atoms with Gasteiger partial charge in [-0.2, -0.15) is 0 Å². The molecule has 0 radical (unpaired) electrons. The summed E-state index contributed by atoms with van der Waals surface area (Å²) in [5, 5.41) is 279. The van der Waals surface area contributed by atoms with E-state index < -0.39 is 365 Å². The lowest BCUT2D eigenvalue weighted by Gasteiger charge is -2.51. The van der Waals surface area contributed by atoms with Crippen LogP contribution in [0.25, 0.3) is 0 Å². The number of ether oxygens (including phenoxy) is 17. The molecule has 0 unspecified atom stereocenters. The fraction of sp³-hybridized carbons (Fsp3) is 0.922. The summed E-state index contributed by atoms with van der Waals surface area (Å²) in [5.41, 5.74) is 0. The second kappa shape index (κ2) is 41.5. The lowest BCUT2D eigenvalue weighted by Crippen LogP contribution is -2.70. The van der Waals surface area contributed by atoms with Gasteiger partial charge in [0.25, 0.3) is 0 Å². The summed E-state index contributed by atoms with van der Waals surface area (Å²) < 4.78 is 101. The Hall–Kier alpha value is -4.29. The Morgan fingerprint density at radius 1 is 0.226 bits per heavy atom. The topological polar surface area (TPSA) is 788 Å². The third-order valence-electron chi connectivity index (χ3n) is 20.7. The minimum absolute atomic E-state index is 0.787. The number of aliphatic hydroxyl groups excluding tert-OH is 24. The molecule has 51 heteroatoms. The maximum absolute atomic E-state index is 13.0. The molecular weight excluding hydrogens is 1570 g/mol. The molecule has 45 atom stereocenters. The van der Waals surface area contributed by atoms with Gasteiger partial charge < -0.3 is 230 Å². The first-order valence-corrected chi connectivity index (χ1v) is 36.6. The van der Waals surface area contributed by atoms with Crippen molar-refractivity contribution < 1.29 is 227 Å². The second-order valence-corrected chi connectivity index (χ2v) is 28.9. The zero-order valence-electron chi connectivity index (χ0n) is 62.1. The van der Waals surface area contributed by atoms with Crippen molar-refractivity contribution in [2.45, 2.75) is 311 Å². The van der Waals surface area contributed by atoms with Crippen molar-refractivity contribution in [3.05, 3.63) is 0 Å². The van der Waals surface area contributed by atoms with Gasteiger partial charge in [-0.15, -0.1) is 0 Å². The van der Waals surface area contributed by atoms with Crippen molar-refractivity contribution in [3.63, 3.8) is 0 Å². The Balaban J connectivity index is 1.04. The van der Waals surface area contributed by atoms with Crippen LogP contribution in [0.3, 0.4) is 0 Å². The fourth-order valence-electron chi connectivity index (χ4n) is 14.8. The lowest BCUT2D eigenvalue weighted by atomic mass is 9.93. The van der Waals surface area contributed by atoms with Crippen LogP contribution in [-0.2, 0) is 104 Å². The summed E-state index contributed by atoms with van der Waals surface area (Å²) in [6.45, 7) is -4.66. The summed E-state index contributed by atoms with van der Waals surface area (Å²) in [7, 11) is 0. The maximum Gasteiger partial charge on any atom is 0.217 e. The molecule has 664 valence electrons. The van der Waals surface area contributed by atoms with Crippen LogP contribution < -0.4 is 26.6 Å². The van der Waals surface area contributed by atoms with Gasteiger partial charge in [-0.25, -0.2) is 0 Å². The predicted molar refractivity (Wildman–Crippen MR) is 355 cm³/mol. The number of carbonyl (C=O) groups is 5. The highest BCUT2D eigenvalue weighted by atomic mass is 16.8. The molecule has 0 saturated carbocycles. The molecule has 0 bridgehead atoms. The van der Waals surface area contributed by atoms with Gasteiger partial charge >= 0.3 is 0 Å². The quantitative estimate of drug-likeness (QED) is 0.0318. The van der Waals surface area contributed by atoms with Crippen LogP contribution >= 0.6 is 0 Å². The number of hydrogen-bond acceptors (Lipinski definition) is 46. The van der Waals surface area contributed by atoms with E-state index in [0.717, 1.165) is 34.6 Å². The van der Waals surface area contributed by atoms with Crippen molar-refractivity contribution in [2.75, 3.05) is 59.5 Å². The largest absolute Gasteiger partial charge is 0.394 e. The van der Waals surface area contributed by atoms with Crippen LogP contribution in [0.2, 0.25) is 0 Å². The minimum Gasteiger partial charge on any atom is -0.394 e. The van der Waals surface area contributed by atoms with Gasteiger partial charge in [0, 0.05) is 34.6 Å². The summed E-state index contributed by atoms with van der Waals surface area (Å²) in [5.74, 6) is -4.31. The van der Waals surface area contributed by atoms with Crippen molar-refractivity contribution >= 4 is 29.5 Å². The summed E-state index contributed by atoms with van der Waals surface area (Å²) in [6, 6.07) is -8.83. The normalized spacial score (nSPS) is 47.9. The number of aliphatic hydroxyl groups is 24. The van der Waals surface area contributed by atoms with Gasteiger partial charge in [-0.3, -0.25) is 24.0 Å². The molecule has 9 fully saturated rings. The molecule has 29 N–H and O–H groups in total. The summed E-state index contributed by atoms with van der Waals surface area (Å²) >= 11 is 0. The molecule has 0 spiro atoms. The number of carbonyl (C=O) groups excluding carboxylic acids is 5. The van der Waals surface area contributed by atoms with Gasteiger partial charge in [0.1, 0.15) is 219 Å². The summed E-state index contributed by atoms with van der Waals surface area (Å²) in [4.78, 5) is 62.8. The van der Waals surface area contributed by atoms with E-state index in [1.807, 2.05) is 0 Å². The molecule has 9 saturated heterocycles. The average molecular weight is 1680 g/mol. The number of hydrogen-bond donors (Lipinski definition) is 29. The number of nitrogens with one attached hydrogen (secondary N) is 5. The standard InChI is InChI=1S/C64H107N5O46/c1-15(77)65-29-41(89)50(23(9-73)101-56(29)98)110-59-32(68-18(4)80)43(91)52(25(11-75)105-59)113-63-49(97)54(114-62-48(96)46(94)53(26(12-76)107-62)111-60-33(69-19(5)81)42(90)51(24(10-74)106-60)112-61-47(95)44(92)36(84)22(8-72)104-61)38(86)28(108-63)14-100-64-55(115-58-31(67-17(3)79)40(88)35(83)21(7-71)103-58)45(93)37(85)27(109-64)13-99-57-30(66-16(2)78)39(87)34(82)20(6-70)102-57/h20-64,70-76,82-98H,6-14H2,1-5H3,(H,65,77)(H,66,78)(H,67,79)(H,68,80)(H,69,81)/t20-,21-,22-,23-,24-,25-,26-,27-,28-,29-,30-,31-,32-,33-,34-,35-,36+,37-,38-,39-,40-,41-,42-,43-,44+,45+,46-,47-,48+,49+,50-,51-,52-,53-,54+,55+,56-,57-,58+,59+,60+,61+,62-,63+,64+/m1/s1. The van der Waals surface area contributed by atoms with Crippen LogP contribution in [0.4, 0.5) is 0 Å². The van der Waals surface area contributed by atoms with E-state index in [9.17, 15) is 147 Å². The lowest BCUT2D eigenvalue weighted by molar-refractivity contribution is -0.393. The molecule has 0 aromatic carbocycles. The first-order chi connectivity index (χ1) is 54.4. The van der Waals surface area contributed by atoms with Crippen LogP contribution in [0, 0.1) is 0 Å². The van der Waals surface area contributed by atoms with Crippen LogP contribution in [0.15, 0.2) is 0 Å². The third kappa shape index (κ3) is 21.4. The molecule has 0 aliphatic carbocycles. The molecule has 115 heavy (non-hydrogen) atoms. The van der Waals surface area contributed by atoms with Gasteiger partial charge in [-0.1, -0.05) is 0 Å². The average Bonchev–Trinajstić information content (AvgIpc) is 0.770. The van der Waals surface area contributed by atoms with Crippen molar-refractivity contribution in [2.24, 2.45) is 0 Å². The van der Waals surface area contributed by atoms with E-state index in [2.05, 4.69) is 26.6 Å². The molecule has 0 aromatic heterocycles. The van der Waals surface area contributed by atoms with Crippen molar-refractivity contribution in [3.8, 4) is 0 Å². The zero-order chi connectivity index (χ0) is 84.8. The highest BCUT2D eigenvalue weighted by Gasteiger charge is 2.61. The molecule has 9 heterocycles. The van der Waals surface area contributed by atoms with Gasteiger partial charge in [0.15, 0.2) is 56.6 Å². The monoisotopic (exact) mass is 1680 g/mol. The highest BCUT2D eigenvalue weighted by molar-refractivity contribution is 5.75. The Morgan fingerprint density at radius 3 is 0.904 bits per heavy atom. The van der Waals surface area contributed by atoms with E-state index in [1.165, 1.54) is 0 Å². The van der Waals surface area contributed by atoms with Gasteiger partial charge in [0.05, 0.1) is 59.5 Å². The van der Waals surface area contributed by atoms with Gasteiger partial charge in [-0.05, 0) is 0 Å². The Labute approximate surface area is 651 Å². The molecular formula is C64H107N5O46. The first kappa shape index (κ1) is 94.6. The Morgan fingerprint density at radius 2 is 0.478 bits per heavy atom. The molecule has 0 aromatic rings. The Bertz CT molecular complexity index is 3100. The van der Waals surface area contributed by atoms with E-state index in [0.29, 0.717) is 0 Å². The number of amides is 5. The molecule has 9 aliphatic heterocycles. The van der Waals surface area contributed by atoms with E-state index in [4.69, 9.17) is 80.5 Å². The maximum atomic E-state index is 13.0. The SMILES string of the molecule is CC(=O)N[C@@H]1[C@@H](O)[C@H](O[C@@H]2O[C@H](CO)[C@@H](O[C@@H]3O[C@H](CO[C@H]4O[C@H](CO[C@@H]5O[C@H](CO)[C@@H](O)[C@H](O)[C@H]5NC(C)=O)[C@@H](O)[C@H](O)[C@@H]4O[C@@H]4O[C@H](CO)[C@@H](O)[C@H](O)[C@H]4NC(C)=O)[C@@H](O)[C@H](O[C@H]4O[C@H](CO)[C@@H](O[C@@H]5O[C@H](CO)[C@@H](O[C@@H]6O[C@H](CO)[C@H](O)[C@H](O)[C@H]6O)[C@H](O)[C@H]5NC(C)=O)[C@H](O)[C@@H]4O)[C@@H]3O)[C@H](O)[C@H]2NC(C)=O)[C@@H](CO)O[C@H]1O. The fourth-order valence-corrected chi connectivity index (χ4v) is 14.8. The first-order valence-electron chi connectivity index (χ1n) is 36.6. The molecule has 51 nitrogen and oxygen atoms in total. The van der Waals surface area contributed by atoms with Crippen LogP contribution in [0.5, 0.6) is 0 Å². The zero-order valence-corrected chi connectivity index (χ0v) is 62.1. The highest BCUT2D eigenvalue weighted by Crippen LogP contribution is 2.40. The number of rotatable bonds is 30. The molecule has 9 rings (SSSR count). The van der Waals surface area contributed by atoms with E-state index in [1.54, 1.807) is 0 Å². The van der Waals surface area contributed by atoms with Crippen molar-refractivity contribution in [1.82, 2.24) is 26.6 Å². The van der Waals surface area contributed by atoms with E-state index >= 15 is 0 Å². The van der Waals surface area contributed by atoms with Gasteiger partial charge in [0.2, 0.25) is 29.5 Å². The third-order valence-corrected chi connectivity index (χ3v) is 20.7. The smallest absolute Gasteiger partial charge is 0.217 e. The predicted octanol–water partition coefficient (Wildman–Crippen LogP) is -19.9. The Kier molecular flexibility index (Phi) is 34.1. The van der Waals surface area contributed by atoms with Crippen molar-refractivity contribution in [1.29, 1.82) is 0 Å². The van der Waals surface area contributed by atoms with Crippen LogP contribution in [-0.4, -0.2) is 488 Å². The molecule has 9 aliphatic rings. The summed E-state index contributed by atoms with van der Waals surface area (Å²) in [6.07, 6.45) is -82.2.